The molecule has 1 amide bonds. The number of non-ortho nitro benzene ring substituents is 1. The fourth-order valence-electron chi connectivity index (χ4n) is 2.20. The minimum atomic E-state index is -0.469. The number of carbonyl (C=O) groups is 1. The number of halogens is 2. The molecule has 0 atom stereocenters. The molecule has 3 rings (SSSR count). The van der Waals surface area contributed by atoms with Gasteiger partial charge in [0.2, 0.25) is 0 Å². The highest BCUT2D eigenvalue weighted by Gasteiger charge is 2.13. The third-order valence-corrected chi connectivity index (χ3v) is 4.70. The maximum absolute atomic E-state index is 12.0. The zero-order valence-electron chi connectivity index (χ0n) is 13.6. The van der Waals surface area contributed by atoms with E-state index in [1.807, 2.05) is 0 Å². The Morgan fingerprint density at radius 3 is 2.52 bits per heavy atom. The van der Waals surface area contributed by atoms with E-state index in [-0.39, 0.29) is 11.6 Å². The SMILES string of the molecule is O=C(N/N=C\c1ccc(-c2ccc([N+](=O)[O-])cc2Br)o1)c1ccc(Br)cc1. The Balaban J connectivity index is 1.69. The maximum Gasteiger partial charge on any atom is 0.271 e. The van der Waals surface area contributed by atoms with Crippen molar-refractivity contribution in [3.05, 3.63) is 85.0 Å². The predicted molar refractivity (Wildman–Crippen MR) is 108 cm³/mol. The minimum Gasteiger partial charge on any atom is -0.455 e. The van der Waals surface area contributed by atoms with E-state index in [9.17, 15) is 14.9 Å². The third kappa shape index (κ3) is 4.69. The molecule has 0 aliphatic carbocycles. The molecular formula is C18H11Br2N3O4. The van der Waals surface area contributed by atoms with E-state index >= 15 is 0 Å². The largest absolute Gasteiger partial charge is 0.455 e. The van der Waals surface area contributed by atoms with Crippen molar-refractivity contribution in [2.24, 2.45) is 5.10 Å². The standard InChI is InChI=1S/C18H11Br2N3O4/c19-12-3-1-11(2-4-12)18(24)22-21-10-14-6-8-17(27-14)15-7-5-13(23(25)26)9-16(15)20/h1-10H,(H,22,24)/b21-10-. The van der Waals surface area contributed by atoms with Crippen LogP contribution in [0.15, 0.2) is 73.1 Å². The summed E-state index contributed by atoms with van der Waals surface area (Å²) in [4.78, 5) is 22.3. The quantitative estimate of drug-likeness (QED) is 0.302. The van der Waals surface area contributed by atoms with Gasteiger partial charge in [-0.05, 0) is 58.4 Å². The summed E-state index contributed by atoms with van der Waals surface area (Å²) in [6.07, 6.45) is 1.37. The Morgan fingerprint density at radius 2 is 1.85 bits per heavy atom. The van der Waals surface area contributed by atoms with Gasteiger partial charge in [0.25, 0.3) is 11.6 Å². The molecule has 3 aromatic rings. The Labute approximate surface area is 170 Å². The van der Waals surface area contributed by atoms with E-state index in [1.54, 1.807) is 42.5 Å². The summed E-state index contributed by atoms with van der Waals surface area (Å²) in [5.74, 6) is 0.590. The van der Waals surface area contributed by atoms with E-state index in [1.165, 1.54) is 18.3 Å². The van der Waals surface area contributed by atoms with Crippen molar-refractivity contribution < 1.29 is 14.1 Å². The van der Waals surface area contributed by atoms with Crippen LogP contribution in [0, 0.1) is 10.1 Å². The fourth-order valence-corrected chi connectivity index (χ4v) is 3.03. The average molecular weight is 493 g/mol. The molecule has 0 saturated carbocycles. The van der Waals surface area contributed by atoms with Crippen molar-refractivity contribution in [2.75, 3.05) is 0 Å². The smallest absolute Gasteiger partial charge is 0.271 e. The van der Waals surface area contributed by atoms with Gasteiger partial charge in [-0.1, -0.05) is 15.9 Å². The van der Waals surface area contributed by atoms with Gasteiger partial charge in [0.05, 0.1) is 11.1 Å². The van der Waals surface area contributed by atoms with Gasteiger partial charge in [0.15, 0.2) is 0 Å². The molecule has 0 fully saturated rings. The Bertz CT molecular complexity index is 1030. The second kappa shape index (κ2) is 8.28. The van der Waals surface area contributed by atoms with Crippen molar-refractivity contribution in [3.63, 3.8) is 0 Å². The fraction of sp³-hybridized carbons (Fsp3) is 0. The normalized spacial score (nSPS) is 10.9. The molecule has 1 heterocycles. The highest BCUT2D eigenvalue weighted by molar-refractivity contribution is 9.10. The average Bonchev–Trinajstić information content (AvgIpc) is 3.10. The zero-order valence-corrected chi connectivity index (χ0v) is 16.7. The first-order valence-corrected chi connectivity index (χ1v) is 9.16. The molecular weight excluding hydrogens is 482 g/mol. The van der Waals surface area contributed by atoms with Gasteiger partial charge in [-0.3, -0.25) is 14.9 Å². The minimum absolute atomic E-state index is 0.0189. The summed E-state index contributed by atoms with van der Waals surface area (Å²) in [6, 6.07) is 14.7. The Hall–Kier alpha value is -2.78. The van der Waals surface area contributed by atoms with Crippen LogP contribution in [0.4, 0.5) is 5.69 Å². The molecule has 0 aliphatic rings. The van der Waals surface area contributed by atoms with Crippen LogP contribution in [0.3, 0.4) is 0 Å². The van der Waals surface area contributed by atoms with Crippen molar-refractivity contribution in [1.82, 2.24) is 5.43 Å². The summed E-state index contributed by atoms with van der Waals surface area (Å²) < 4.78 is 7.07. The first-order valence-electron chi connectivity index (χ1n) is 7.57. The van der Waals surface area contributed by atoms with Crippen LogP contribution in [-0.4, -0.2) is 17.0 Å². The molecule has 27 heavy (non-hydrogen) atoms. The lowest BCUT2D eigenvalue weighted by Crippen LogP contribution is -2.17. The molecule has 7 nitrogen and oxygen atoms in total. The summed E-state index contributed by atoms with van der Waals surface area (Å²) in [5.41, 5.74) is 3.54. The first-order chi connectivity index (χ1) is 12.9. The second-order valence-corrected chi connectivity index (χ2v) is 7.10. The molecule has 0 radical (unpaired) electrons. The molecule has 1 aromatic heterocycles. The lowest BCUT2D eigenvalue weighted by molar-refractivity contribution is -0.384. The summed E-state index contributed by atoms with van der Waals surface area (Å²) in [5, 5.41) is 14.7. The van der Waals surface area contributed by atoms with E-state index in [0.29, 0.717) is 27.1 Å². The van der Waals surface area contributed by atoms with Gasteiger partial charge in [-0.2, -0.15) is 5.10 Å². The van der Waals surface area contributed by atoms with Crippen molar-refractivity contribution in [3.8, 4) is 11.3 Å². The molecule has 0 saturated heterocycles. The van der Waals surface area contributed by atoms with Crippen LogP contribution in [0.5, 0.6) is 0 Å². The van der Waals surface area contributed by atoms with Gasteiger partial charge in [-0.25, -0.2) is 5.43 Å². The van der Waals surface area contributed by atoms with Gasteiger partial charge >= 0.3 is 0 Å². The van der Waals surface area contributed by atoms with Crippen LogP contribution in [0.1, 0.15) is 16.1 Å². The molecule has 2 aromatic carbocycles. The third-order valence-electron chi connectivity index (χ3n) is 3.52. The molecule has 0 unspecified atom stereocenters. The van der Waals surface area contributed by atoms with Crippen molar-refractivity contribution in [1.29, 1.82) is 0 Å². The summed E-state index contributed by atoms with van der Waals surface area (Å²) in [7, 11) is 0. The highest BCUT2D eigenvalue weighted by atomic mass is 79.9. The van der Waals surface area contributed by atoms with E-state index < -0.39 is 4.92 Å². The van der Waals surface area contributed by atoms with Gasteiger partial charge < -0.3 is 4.42 Å². The van der Waals surface area contributed by atoms with Crippen LogP contribution < -0.4 is 5.43 Å². The number of nitro benzene ring substituents is 1. The number of carbonyl (C=O) groups excluding carboxylic acids is 1. The van der Waals surface area contributed by atoms with Crippen molar-refractivity contribution >= 4 is 49.7 Å². The number of nitro groups is 1. The summed E-state index contributed by atoms with van der Waals surface area (Å²) >= 11 is 6.61. The van der Waals surface area contributed by atoms with Crippen LogP contribution in [0.25, 0.3) is 11.3 Å². The van der Waals surface area contributed by atoms with Crippen molar-refractivity contribution in [2.45, 2.75) is 0 Å². The second-order valence-electron chi connectivity index (χ2n) is 5.33. The lowest BCUT2D eigenvalue weighted by atomic mass is 10.1. The number of hydrazone groups is 1. The number of nitrogens with one attached hydrogen (secondary N) is 1. The number of hydrogen-bond acceptors (Lipinski definition) is 5. The van der Waals surface area contributed by atoms with Gasteiger partial charge in [0, 0.05) is 32.2 Å². The Morgan fingerprint density at radius 1 is 1.11 bits per heavy atom. The molecule has 0 spiro atoms. The predicted octanol–water partition coefficient (Wildman–Crippen LogP) is 5.14. The number of furan rings is 1. The summed E-state index contributed by atoms with van der Waals surface area (Å²) in [6.45, 7) is 0. The van der Waals surface area contributed by atoms with E-state index in [4.69, 9.17) is 4.42 Å². The van der Waals surface area contributed by atoms with Crippen LogP contribution in [0.2, 0.25) is 0 Å². The number of benzene rings is 2. The molecule has 0 bridgehead atoms. The Kier molecular flexibility index (Phi) is 5.82. The first kappa shape index (κ1) is 19.0. The molecule has 136 valence electrons. The number of rotatable bonds is 5. The van der Waals surface area contributed by atoms with Crippen LogP contribution in [-0.2, 0) is 0 Å². The molecule has 9 heteroatoms. The molecule has 1 N–H and O–H groups in total. The monoisotopic (exact) mass is 491 g/mol. The van der Waals surface area contributed by atoms with Gasteiger partial charge in [-0.15, -0.1) is 0 Å². The number of hydrogen-bond donors (Lipinski definition) is 1. The number of nitrogens with zero attached hydrogens (tertiary/aromatic N) is 2. The van der Waals surface area contributed by atoms with E-state index in [0.717, 1.165) is 4.47 Å². The lowest BCUT2D eigenvalue weighted by Gasteiger charge is -2.01. The maximum atomic E-state index is 12.0. The zero-order chi connectivity index (χ0) is 19.4. The van der Waals surface area contributed by atoms with Gasteiger partial charge in [0.1, 0.15) is 11.5 Å². The van der Waals surface area contributed by atoms with E-state index in [2.05, 4.69) is 42.4 Å². The topological polar surface area (TPSA) is 97.7 Å². The molecule has 0 aliphatic heterocycles. The number of amides is 1. The highest BCUT2D eigenvalue weighted by Crippen LogP contribution is 2.32. The van der Waals surface area contributed by atoms with Crippen LogP contribution >= 0.6 is 31.9 Å².